The van der Waals surface area contributed by atoms with Crippen LogP contribution in [-0.2, 0) is 0 Å². The molecule has 0 amide bonds. The standard InChI is InChI=1S/C22H29ClN4/c1-18(25-13-11-24(2)12-14-25)17-26-15-16-27(20-8-4-3-7-19(20)23)22-10-6-5-9-21(22)26/h3-10,18H,11-17H2,1-2H3. The van der Waals surface area contributed by atoms with Crippen LogP contribution in [0.3, 0.4) is 0 Å². The molecule has 2 aromatic carbocycles. The van der Waals surface area contributed by atoms with Gasteiger partial charge in [0.15, 0.2) is 0 Å². The Morgan fingerprint density at radius 3 is 2.15 bits per heavy atom. The molecule has 144 valence electrons. The van der Waals surface area contributed by atoms with Crippen LogP contribution in [0.4, 0.5) is 17.1 Å². The number of hydrogen-bond donors (Lipinski definition) is 0. The van der Waals surface area contributed by atoms with Gasteiger partial charge in [-0.25, -0.2) is 0 Å². The van der Waals surface area contributed by atoms with Crippen molar-refractivity contribution in [2.45, 2.75) is 13.0 Å². The molecular weight excluding hydrogens is 356 g/mol. The Morgan fingerprint density at radius 1 is 0.815 bits per heavy atom. The quantitative estimate of drug-likeness (QED) is 0.791. The molecule has 0 aliphatic carbocycles. The normalized spacial score (nSPS) is 19.8. The predicted octanol–water partition coefficient (Wildman–Crippen LogP) is 3.93. The van der Waals surface area contributed by atoms with Gasteiger partial charge in [-0.2, -0.15) is 0 Å². The zero-order valence-corrected chi connectivity index (χ0v) is 17.1. The van der Waals surface area contributed by atoms with Crippen molar-refractivity contribution in [2.75, 3.05) is 62.7 Å². The summed E-state index contributed by atoms with van der Waals surface area (Å²) in [5.74, 6) is 0. The molecule has 2 aliphatic rings. The van der Waals surface area contributed by atoms with Crippen molar-refractivity contribution in [3.8, 4) is 0 Å². The zero-order chi connectivity index (χ0) is 18.8. The minimum absolute atomic E-state index is 0.554. The van der Waals surface area contributed by atoms with Crippen LogP contribution >= 0.6 is 11.6 Å². The fourth-order valence-electron chi connectivity index (χ4n) is 4.23. The van der Waals surface area contributed by atoms with Crippen LogP contribution in [0, 0.1) is 0 Å². The van der Waals surface area contributed by atoms with Crippen LogP contribution in [0.25, 0.3) is 0 Å². The molecule has 2 aliphatic heterocycles. The summed E-state index contributed by atoms with van der Waals surface area (Å²) in [6, 6.07) is 17.4. The van der Waals surface area contributed by atoms with Gasteiger partial charge < -0.3 is 14.7 Å². The highest BCUT2D eigenvalue weighted by molar-refractivity contribution is 6.33. The van der Waals surface area contributed by atoms with Crippen molar-refractivity contribution in [1.82, 2.24) is 9.80 Å². The maximum Gasteiger partial charge on any atom is 0.0649 e. The van der Waals surface area contributed by atoms with Crippen molar-refractivity contribution in [2.24, 2.45) is 0 Å². The maximum atomic E-state index is 6.49. The van der Waals surface area contributed by atoms with Gasteiger partial charge >= 0.3 is 0 Å². The molecule has 1 unspecified atom stereocenters. The summed E-state index contributed by atoms with van der Waals surface area (Å²) in [6.45, 7) is 10.1. The molecule has 1 fully saturated rings. The summed E-state index contributed by atoms with van der Waals surface area (Å²) in [7, 11) is 2.21. The molecule has 0 N–H and O–H groups in total. The summed E-state index contributed by atoms with van der Waals surface area (Å²) in [5.41, 5.74) is 3.66. The van der Waals surface area contributed by atoms with Crippen LogP contribution in [0.1, 0.15) is 6.92 Å². The third-order valence-corrected chi connectivity index (χ3v) is 6.22. The van der Waals surface area contributed by atoms with Gasteiger partial charge in [-0.15, -0.1) is 0 Å². The number of likely N-dealkylation sites (N-methyl/N-ethyl adjacent to an activating group) is 1. The number of nitrogens with zero attached hydrogens (tertiary/aromatic N) is 4. The van der Waals surface area contributed by atoms with Gasteiger partial charge in [0.2, 0.25) is 0 Å². The Kier molecular flexibility index (Phi) is 5.58. The Morgan fingerprint density at radius 2 is 1.44 bits per heavy atom. The zero-order valence-electron chi connectivity index (χ0n) is 16.3. The van der Waals surface area contributed by atoms with Crippen LogP contribution in [0.5, 0.6) is 0 Å². The molecule has 27 heavy (non-hydrogen) atoms. The van der Waals surface area contributed by atoms with Gasteiger partial charge in [-0.05, 0) is 38.2 Å². The highest BCUT2D eigenvalue weighted by Gasteiger charge is 2.27. The Bertz CT molecular complexity index is 772. The summed E-state index contributed by atoms with van der Waals surface area (Å²) in [4.78, 5) is 9.95. The second-order valence-electron chi connectivity index (χ2n) is 7.73. The lowest BCUT2D eigenvalue weighted by molar-refractivity contribution is 0.121. The van der Waals surface area contributed by atoms with E-state index in [0.29, 0.717) is 6.04 Å². The van der Waals surface area contributed by atoms with E-state index in [-0.39, 0.29) is 0 Å². The first-order chi connectivity index (χ1) is 13.1. The number of piperazine rings is 1. The van der Waals surface area contributed by atoms with Gasteiger partial charge in [0, 0.05) is 51.9 Å². The molecule has 2 heterocycles. The van der Waals surface area contributed by atoms with Gasteiger partial charge in [0.1, 0.15) is 0 Å². The summed E-state index contributed by atoms with van der Waals surface area (Å²) in [6.07, 6.45) is 0. The smallest absolute Gasteiger partial charge is 0.0649 e. The number of rotatable bonds is 4. The third kappa shape index (κ3) is 3.93. The highest BCUT2D eigenvalue weighted by atomic mass is 35.5. The second-order valence-corrected chi connectivity index (χ2v) is 8.13. The Hall–Kier alpha value is -1.75. The van der Waals surface area contributed by atoms with E-state index in [9.17, 15) is 0 Å². The van der Waals surface area contributed by atoms with Crippen LogP contribution in [-0.4, -0.2) is 68.7 Å². The van der Waals surface area contributed by atoms with E-state index in [4.69, 9.17) is 11.6 Å². The highest BCUT2D eigenvalue weighted by Crippen LogP contribution is 2.40. The van der Waals surface area contributed by atoms with E-state index in [1.54, 1.807) is 0 Å². The van der Waals surface area contributed by atoms with E-state index in [2.05, 4.69) is 70.0 Å². The predicted molar refractivity (Wildman–Crippen MR) is 116 cm³/mol. The van der Waals surface area contributed by atoms with Gasteiger partial charge in [0.25, 0.3) is 0 Å². The molecule has 2 aromatic rings. The van der Waals surface area contributed by atoms with Crippen molar-refractivity contribution in [3.63, 3.8) is 0 Å². The molecule has 4 nitrogen and oxygen atoms in total. The summed E-state index contributed by atoms with van der Waals surface area (Å²) in [5, 5.41) is 0.812. The molecular formula is C22H29ClN4. The van der Waals surface area contributed by atoms with Crippen LogP contribution in [0.2, 0.25) is 5.02 Å². The van der Waals surface area contributed by atoms with Gasteiger partial charge in [-0.1, -0.05) is 35.9 Å². The maximum absolute atomic E-state index is 6.49. The van der Waals surface area contributed by atoms with Gasteiger partial charge in [0.05, 0.1) is 22.1 Å². The molecule has 0 bridgehead atoms. The van der Waals surface area contributed by atoms with E-state index < -0.39 is 0 Å². The lowest BCUT2D eigenvalue weighted by atomic mass is 10.1. The lowest BCUT2D eigenvalue weighted by Crippen LogP contribution is -2.52. The van der Waals surface area contributed by atoms with Crippen LogP contribution < -0.4 is 9.80 Å². The summed E-state index contributed by atoms with van der Waals surface area (Å²) >= 11 is 6.49. The second kappa shape index (κ2) is 8.09. The number of benzene rings is 2. The SMILES string of the molecule is CC(CN1CCN(c2ccccc2Cl)c2ccccc21)N1CCN(C)CC1. The Balaban J connectivity index is 1.54. The number of para-hydroxylation sites is 3. The van der Waals surface area contributed by atoms with Crippen molar-refractivity contribution in [3.05, 3.63) is 53.6 Å². The average molecular weight is 385 g/mol. The lowest BCUT2D eigenvalue weighted by Gasteiger charge is -2.43. The fraction of sp³-hybridized carbons (Fsp3) is 0.455. The Labute approximate surface area is 167 Å². The third-order valence-electron chi connectivity index (χ3n) is 5.90. The van der Waals surface area contributed by atoms with E-state index in [0.717, 1.165) is 30.3 Å². The first kappa shape index (κ1) is 18.6. The van der Waals surface area contributed by atoms with E-state index in [1.807, 2.05) is 12.1 Å². The topological polar surface area (TPSA) is 13.0 Å². The molecule has 0 aromatic heterocycles. The molecule has 5 heteroatoms. The first-order valence-electron chi connectivity index (χ1n) is 9.92. The van der Waals surface area contributed by atoms with Gasteiger partial charge in [-0.3, -0.25) is 4.90 Å². The number of anilines is 3. The average Bonchev–Trinajstić information content (AvgIpc) is 2.69. The van der Waals surface area contributed by atoms with Crippen molar-refractivity contribution < 1.29 is 0 Å². The van der Waals surface area contributed by atoms with E-state index in [1.165, 1.54) is 37.6 Å². The monoisotopic (exact) mass is 384 g/mol. The molecule has 0 saturated carbocycles. The molecule has 0 radical (unpaired) electrons. The minimum Gasteiger partial charge on any atom is -0.367 e. The molecule has 0 spiro atoms. The number of fused-ring (bicyclic) bond motifs is 1. The fourth-order valence-corrected chi connectivity index (χ4v) is 4.47. The summed E-state index contributed by atoms with van der Waals surface area (Å²) < 4.78 is 0. The van der Waals surface area contributed by atoms with Crippen LogP contribution in [0.15, 0.2) is 48.5 Å². The van der Waals surface area contributed by atoms with Crippen molar-refractivity contribution >= 4 is 28.7 Å². The number of hydrogen-bond acceptors (Lipinski definition) is 4. The largest absolute Gasteiger partial charge is 0.367 e. The molecule has 1 saturated heterocycles. The van der Waals surface area contributed by atoms with E-state index >= 15 is 0 Å². The number of halogens is 1. The first-order valence-corrected chi connectivity index (χ1v) is 10.3. The minimum atomic E-state index is 0.554. The van der Waals surface area contributed by atoms with Crippen molar-refractivity contribution in [1.29, 1.82) is 0 Å². The molecule has 1 atom stereocenters. The molecule has 4 rings (SSSR count).